The molecule has 4 rings (SSSR count). The molecule has 1 spiro atoms. The zero-order chi connectivity index (χ0) is 15.0. The third-order valence-electron chi connectivity index (χ3n) is 4.91. The Morgan fingerprint density at radius 2 is 1.91 bits per heavy atom. The lowest BCUT2D eigenvalue weighted by Crippen LogP contribution is -2.36. The summed E-state index contributed by atoms with van der Waals surface area (Å²) >= 11 is 1.67. The number of esters is 1. The van der Waals surface area contributed by atoms with E-state index in [1.807, 2.05) is 18.2 Å². The summed E-state index contributed by atoms with van der Waals surface area (Å²) in [5.74, 6) is 0.0890. The van der Waals surface area contributed by atoms with Gasteiger partial charge in [-0.1, -0.05) is 36.8 Å². The average Bonchev–Trinajstić information content (AvgIpc) is 3.14. The minimum Gasteiger partial charge on any atom is -0.458 e. The van der Waals surface area contributed by atoms with Gasteiger partial charge in [0.25, 0.3) is 0 Å². The molecule has 114 valence electrons. The van der Waals surface area contributed by atoms with E-state index in [0.717, 1.165) is 41.9 Å². The van der Waals surface area contributed by atoms with Crippen molar-refractivity contribution in [1.29, 1.82) is 0 Å². The molecule has 0 N–H and O–H groups in total. The molecule has 2 fully saturated rings. The first kappa shape index (κ1) is 13.9. The van der Waals surface area contributed by atoms with Crippen LogP contribution in [0.4, 0.5) is 0 Å². The molecule has 1 aromatic carbocycles. The number of thiazole rings is 1. The minimum atomic E-state index is -0.277. The van der Waals surface area contributed by atoms with Crippen LogP contribution in [0.2, 0.25) is 0 Å². The molecule has 1 saturated carbocycles. The fourth-order valence-corrected chi connectivity index (χ4v) is 4.83. The molecular formula is C18H19NO2S. The standard InChI is InChI=1S/C18H19NO2S/c20-16-11-14(18(21-16)9-5-2-6-10-18)17-19-15(12-22-17)13-7-3-1-4-8-13/h1,3-4,7-8,12,14H,2,5-6,9-11H2/t14-/m0/s1. The third-order valence-corrected chi connectivity index (χ3v) is 5.87. The van der Waals surface area contributed by atoms with E-state index in [9.17, 15) is 4.79 Å². The Kier molecular flexibility index (Phi) is 3.49. The van der Waals surface area contributed by atoms with Gasteiger partial charge in [0.15, 0.2) is 0 Å². The molecule has 2 aliphatic rings. The highest BCUT2D eigenvalue weighted by Crippen LogP contribution is 2.50. The summed E-state index contributed by atoms with van der Waals surface area (Å²) in [6.45, 7) is 0. The molecule has 0 unspecified atom stereocenters. The topological polar surface area (TPSA) is 39.2 Å². The van der Waals surface area contributed by atoms with Crippen molar-refractivity contribution in [3.63, 3.8) is 0 Å². The first-order chi connectivity index (χ1) is 10.8. The number of carbonyl (C=O) groups excluding carboxylic acids is 1. The minimum absolute atomic E-state index is 0.0524. The van der Waals surface area contributed by atoms with Gasteiger partial charge in [0, 0.05) is 10.9 Å². The summed E-state index contributed by atoms with van der Waals surface area (Å²) < 4.78 is 5.80. The maximum absolute atomic E-state index is 11.9. The summed E-state index contributed by atoms with van der Waals surface area (Å²) in [5.41, 5.74) is 1.86. The summed E-state index contributed by atoms with van der Waals surface area (Å²) in [6.07, 6.45) is 6.02. The van der Waals surface area contributed by atoms with Gasteiger partial charge < -0.3 is 4.74 Å². The van der Waals surface area contributed by atoms with Crippen LogP contribution in [0.1, 0.15) is 49.5 Å². The smallest absolute Gasteiger partial charge is 0.307 e. The molecule has 1 atom stereocenters. The van der Waals surface area contributed by atoms with E-state index in [1.54, 1.807) is 11.3 Å². The number of hydrogen-bond acceptors (Lipinski definition) is 4. The van der Waals surface area contributed by atoms with Crippen molar-refractivity contribution in [3.8, 4) is 11.3 Å². The van der Waals surface area contributed by atoms with Gasteiger partial charge in [0.2, 0.25) is 0 Å². The number of nitrogens with zero attached hydrogens (tertiary/aromatic N) is 1. The first-order valence-corrected chi connectivity index (χ1v) is 8.87. The second-order valence-corrected chi connectivity index (χ2v) is 7.18. The van der Waals surface area contributed by atoms with Crippen molar-refractivity contribution >= 4 is 17.3 Å². The third kappa shape index (κ3) is 2.35. The van der Waals surface area contributed by atoms with E-state index in [-0.39, 0.29) is 17.5 Å². The number of carbonyl (C=O) groups is 1. The molecule has 4 heteroatoms. The van der Waals surface area contributed by atoms with E-state index in [4.69, 9.17) is 9.72 Å². The van der Waals surface area contributed by atoms with Gasteiger partial charge in [-0.05, 0) is 25.7 Å². The fourth-order valence-electron chi connectivity index (χ4n) is 3.79. The van der Waals surface area contributed by atoms with Gasteiger partial charge in [-0.3, -0.25) is 4.79 Å². The van der Waals surface area contributed by atoms with E-state index in [1.165, 1.54) is 6.42 Å². The molecule has 0 radical (unpaired) electrons. The number of ether oxygens (including phenoxy) is 1. The molecule has 22 heavy (non-hydrogen) atoms. The SMILES string of the molecule is O=C1C[C@@H](c2nc(-c3ccccc3)cs2)C2(CCCCC2)O1. The van der Waals surface area contributed by atoms with Crippen LogP contribution in [0.15, 0.2) is 35.7 Å². The largest absolute Gasteiger partial charge is 0.458 e. The summed E-state index contributed by atoms with van der Waals surface area (Å²) in [4.78, 5) is 16.8. The van der Waals surface area contributed by atoms with Crippen molar-refractivity contribution in [2.75, 3.05) is 0 Å². The van der Waals surface area contributed by atoms with Gasteiger partial charge in [-0.15, -0.1) is 11.3 Å². The van der Waals surface area contributed by atoms with Gasteiger partial charge in [-0.25, -0.2) is 4.98 Å². The molecule has 1 aromatic heterocycles. The van der Waals surface area contributed by atoms with Crippen LogP contribution in [0.5, 0.6) is 0 Å². The zero-order valence-electron chi connectivity index (χ0n) is 12.5. The number of rotatable bonds is 2. The van der Waals surface area contributed by atoms with Crippen LogP contribution in [0, 0.1) is 0 Å². The Labute approximate surface area is 134 Å². The number of benzene rings is 1. The van der Waals surface area contributed by atoms with Crippen LogP contribution in [-0.2, 0) is 9.53 Å². The Hall–Kier alpha value is -1.68. The van der Waals surface area contributed by atoms with Crippen LogP contribution < -0.4 is 0 Å². The van der Waals surface area contributed by atoms with Crippen molar-refractivity contribution in [3.05, 3.63) is 40.7 Å². The van der Waals surface area contributed by atoms with Crippen LogP contribution >= 0.6 is 11.3 Å². The van der Waals surface area contributed by atoms with Crippen molar-refractivity contribution in [2.45, 2.75) is 50.0 Å². The van der Waals surface area contributed by atoms with Crippen LogP contribution in [-0.4, -0.2) is 16.6 Å². The quantitative estimate of drug-likeness (QED) is 0.764. The monoisotopic (exact) mass is 313 g/mol. The Bertz CT molecular complexity index is 673. The molecular weight excluding hydrogens is 294 g/mol. The zero-order valence-corrected chi connectivity index (χ0v) is 13.3. The predicted octanol–water partition coefficient (Wildman–Crippen LogP) is 4.54. The molecule has 1 saturated heterocycles. The summed E-state index contributed by atoms with van der Waals surface area (Å²) in [5, 5.41) is 3.16. The highest BCUT2D eigenvalue weighted by atomic mass is 32.1. The molecule has 2 heterocycles. The van der Waals surface area contributed by atoms with Crippen molar-refractivity contribution in [2.24, 2.45) is 0 Å². The predicted molar refractivity (Wildman–Crippen MR) is 86.8 cm³/mol. The van der Waals surface area contributed by atoms with E-state index < -0.39 is 0 Å². The molecule has 2 aromatic rings. The Morgan fingerprint density at radius 1 is 1.14 bits per heavy atom. The average molecular weight is 313 g/mol. The lowest BCUT2D eigenvalue weighted by atomic mass is 9.76. The van der Waals surface area contributed by atoms with E-state index in [2.05, 4.69) is 17.5 Å². The molecule has 1 aliphatic heterocycles. The second-order valence-electron chi connectivity index (χ2n) is 6.29. The fraction of sp³-hybridized carbons (Fsp3) is 0.444. The molecule has 0 amide bonds. The molecule has 3 nitrogen and oxygen atoms in total. The maximum atomic E-state index is 11.9. The lowest BCUT2D eigenvalue weighted by molar-refractivity contribution is -0.151. The molecule has 1 aliphatic carbocycles. The molecule has 0 bridgehead atoms. The second kappa shape index (κ2) is 5.51. The van der Waals surface area contributed by atoms with Crippen molar-refractivity contribution in [1.82, 2.24) is 4.98 Å². The summed E-state index contributed by atoms with van der Waals surface area (Å²) in [7, 11) is 0. The highest BCUT2D eigenvalue weighted by molar-refractivity contribution is 7.10. The van der Waals surface area contributed by atoms with Crippen molar-refractivity contribution < 1.29 is 9.53 Å². The maximum Gasteiger partial charge on any atom is 0.307 e. The summed E-state index contributed by atoms with van der Waals surface area (Å²) in [6, 6.07) is 10.2. The van der Waals surface area contributed by atoms with Crippen LogP contribution in [0.3, 0.4) is 0 Å². The van der Waals surface area contributed by atoms with Gasteiger partial charge in [0.1, 0.15) is 10.6 Å². The van der Waals surface area contributed by atoms with Crippen LogP contribution in [0.25, 0.3) is 11.3 Å². The highest BCUT2D eigenvalue weighted by Gasteiger charge is 2.51. The van der Waals surface area contributed by atoms with Gasteiger partial charge >= 0.3 is 5.97 Å². The number of hydrogen-bond donors (Lipinski definition) is 0. The van der Waals surface area contributed by atoms with E-state index >= 15 is 0 Å². The normalized spacial score (nSPS) is 23.6. The van der Waals surface area contributed by atoms with Gasteiger partial charge in [-0.2, -0.15) is 0 Å². The first-order valence-electron chi connectivity index (χ1n) is 8.00. The lowest BCUT2D eigenvalue weighted by Gasteiger charge is -2.35. The van der Waals surface area contributed by atoms with Gasteiger partial charge in [0.05, 0.1) is 18.0 Å². The number of aromatic nitrogens is 1. The Balaban J connectivity index is 1.66. The van der Waals surface area contributed by atoms with E-state index in [0.29, 0.717) is 6.42 Å². The Morgan fingerprint density at radius 3 is 2.68 bits per heavy atom.